The molecule has 16 heavy (non-hydrogen) atoms. The van der Waals surface area contributed by atoms with Crippen LogP contribution in [-0.4, -0.2) is 0 Å². The molecule has 0 atom stereocenters. The molecular formula is C16H24. The maximum Gasteiger partial charge on any atom is -0.00753 e. The highest BCUT2D eigenvalue weighted by atomic mass is 14.3. The Labute approximate surface area is 100 Å². The molecule has 0 spiro atoms. The zero-order chi connectivity index (χ0) is 11.3. The van der Waals surface area contributed by atoms with Crippen molar-refractivity contribution in [2.45, 2.75) is 63.7 Å². The van der Waals surface area contributed by atoms with Crippen LogP contribution in [0.4, 0.5) is 0 Å². The standard InChI is InChI=1S/C16H24/c1-16(15-11-7-6-8-12-15)13-9-4-2-3-5-10-14-16/h6-8,11-12H,2-5,9-10,13-14H2,1H3. The normalized spacial score (nSPS) is 21.8. The molecule has 1 aromatic rings. The van der Waals surface area contributed by atoms with E-state index in [9.17, 15) is 0 Å². The minimum absolute atomic E-state index is 0.436. The first-order valence-corrected chi connectivity index (χ1v) is 6.87. The summed E-state index contributed by atoms with van der Waals surface area (Å²) < 4.78 is 0. The van der Waals surface area contributed by atoms with Gasteiger partial charge in [0.1, 0.15) is 0 Å². The van der Waals surface area contributed by atoms with Gasteiger partial charge in [0.2, 0.25) is 0 Å². The van der Waals surface area contributed by atoms with E-state index < -0.39 is 0 Å². The van der Waals surface area contributed by atoms with Crippen LogP contribution in [-0.2, 0) is 5.41 Å². The van der Waals surface area contributed by atoms with Gasteiger partial charge in [0.25, 0.3) is 0 Å². The highest BCUT2D eigenvalue weighted by Gasteiger charge is 2.25. The average molecular weight is 216 g/mol. The van der Waals surface area contributed by atoms with E-state index in [2.05, 4.69) is 37.3 Å². The van der Waals surface area contributed by atoms with Crippen molar-refractivity contribution in [2.75, 3.05) is 0 Å². The van der Waals surface area contributed by atoms with Crippen LogP contribution < -0.4 is 0 Å². The van der Waals surface area contributed by atoms with Gasteiger partial charge in [-0.1, -0.05) is 75.8 Å². The van der Waals surface area contributed by atoms with Gasteiger partial charge >= 0.3 is 0 Å². The summed E-state index contributed by atoms with van der Waals surface area (Å²) in [6.07, 6.45) is 11.3. The van der Waals surface area contributed by atoms with Crippen molar-refractivity contribution in [3.05, 3.63) is 35.9 Å². The monoisotopic (exact) mass is 216 g/mol. The van der Waals surface area contributed by atoms with Crippen LogP contribution in [0.2, 0.25) is 0 Å². The third kappa shape index (κ3) is 2.87. The van der Waals surface area contributed by atoms with Gasteiger partial charge < -0.3 is 0 Å². The van der Waals surface area contributed by atoms with Crippen molar-refractivity contribution in [2.24, 2.45) is 0 Å². The van der Waals surface area contributed by atoms with Crippen LogP contribution in [0.1, 0.15) is 63.9 Å². The van der Waals surface area contributed by atoms with Gasteiger partial charge in [0.15, 0.2) is 0 Å². The first-order valence-electron chi connectivity index (χ1n) is 6.87. The summed E-state index contributed by atoms with van der Waals surface area (Å²) in [6, 6.07) is 11.1. The van der Waals surface area contributed by atoms with E-state index in [4.69, 9.17) is 0 Å². The SMILES string of the molecule is CC1(c2ccccc2)CCCCCCCC1. The Balaban J connectivity index is 2.13. The fraction of sp³-hybridized carbons (Fsp3) is 0.625. The highest BCUT2D eigenvalue weighted by molar-refractivity contribution is 5.24. The molecular weight excluding hydrogens is 192 g/mol. The summed E-state index contributed by atoms with van der Waals surface area (Å²) in [5, 5.41) is 0. The van der Waals surface area contributed by atoms with Crippen molar-refractivity contribution in [1.29, 1.82) is 0 Å². The second-order valence-corrected chi connectivity index (χ2v) is 5.55. The minimum Gasteiger partial charge on any atom is -0.0622 e. The highest BCUT2D eigenvalue weighted by Crippen LogP contribution is 2.36. The van der Waals surface area contributed by atoms with Gasteiger partial charge in [-0.05, 0) is 23.8 Å². The molecule has 0 radical (unpaired) electrons. The van der Waals surface area contributed by atoms with Gasteiger partial charge in [0.05, 0.1) is 0 Å². The lowest BCUT2D eigenvalue weighted by molar-refractivity contribution is 0.381. The van der Waals surface area contributed by atoms with Crippen LogP contribution in [0.5, 0.6) is 0 Å². The number of hydrogen-bond acceptors (Lipinski definition) is 0. The second kappa shape index (κ2) is 5.52. The first-order chi connectivity index (χ1) is 7.81. The summed E-state index contributed by atoms with van der Waals surface area (Å²) >= 11 is 0. The van der Waals surface area contributed by atoms with Crippen molar-refractivity contribution < 1.29 is 0 Å². The molecule has 0 heterocycles. The maximum absolute atomic E-state index is 2.47. The van der Waals surface area contributed by atoms with E-state index in [0.29, 0.717) is 5.41 Å². The largest absolute Gasteiger partial charge is 0.0622 e. The van der Waals surface area contributed by atoms with Crippen LogP contribution >= 0.6 is 0 Å². The van der Waals surface area contributed by atoms with Crippen molar-refractivity contribution in [1.82, 2.24) is 0 Å². The predicted molar refractivity (Wildman–Crippen MR) is 70.7 cm³/mol. The lowest BCUT2D eigenvalue weighted by atomic mass is 9.75. The van der Waals surface area contributed by atoms with Crippen molar-refractivity contribution in [3.63, 3.8) is 0 Å². The molecule has 1 fully saturated rings. The van der Waals surface area contributed by atoms with Crippen molar-refractivity contribution in [3.8, 4) is 0 Å². The molecule has 1 aromatic carbocycles. The van der Waals surface area contributed by atoms with E-state index in [1.54, 1.807) is 5.56 Å². The zero-order valence-corrected chi connectivity index (χ0v) is 10.5. The van der Waals surface area contributed by atoms with E-state index in [0.717, 1.165) is 0 Å². The second-order valence-electron chi connectivity index (χ2n) is 5.55. The van der Waals surface area contributed by atoms with Gasteiger partial charge in [-0.15, -0.1) is 0 Å². The summed E-state index contributed by atoms with van der Waals surface area (Å²) in [4.78, 5) is 0. The lowest BCUT2D eigenvalue weighted by Gasteiger charge is -2.30. The topological polar surface area (TPSA) is 0 Å². The molecule has 0 saturated heterocycles. The Morgan fingerprint density at radius 1 is 0.750 bits per heavy atom. The number of hydrogen-bond donors (Lipinski definition) is 0. The average Bonchev–Trinajstić information content (AvgIpc) is 2.43. The van der Waals surface area contributed by atoms with E-state index in [1.165, 1.54) is 51.4 Å². The summed E-state index contributed by atoms with van der Waals surface area (Å²) in [6.45, 7) is 2.47. The van der Waals surface area contributed by atoms with E-state index in [-0.39, 0.29) is 0 Å². The molecule has 0 aromatic heterocycles. The third-order valence-corrected chi connectivity index (χ3v) is 4.18. The summed E-state index contributed by atoms with van der Waals surface area (Å²) in [5.41, 5.74) is 1.99. The van der Waals surface area contributed by atoms with E-state index in [1.807, 2.05) is 0 Å². The van der Waals surface area contributed by atoms with Crippen LogP contribution in [0.25, 0.3) is 0 Å². The third-order valence-electron chi connectivity index (χ3n) is 4.18. The molecule has 0 unspecified atom stereocenters. The molecule has 0 amide bonds. The minimum atomic E-state index is 0.436. The van der Waals surface area contributed by atoms with Gasteiger partial charge in [0, 0.05) is 0 Å². The van der Waals surface area contributed by atoms with Crippen LogP contribution in [0, 0.1) is 0 Å². The number of rotatable bonds is 1. The fourth-order valence-electron chi connectivity index (χ4n) is 2.99. The van der Waals surface area contributed by atoms with Gasteiger partial charge in [-0.25, -0.2) is 0 Å². The number of benzene rings is 1. The Morgan fingerprint density at radius 2 is 1.25 bits per heavy atom. The molecule has 1 aliphatic rings. The lowest BCUT2D eigenvalue weighted by Crippen LogP contribution is -2.21. The van der Waals surface area contributed by atoms with Crippen molar-refractivity contribution >= 4 is 0 Å². The quantitative estimate of drug-likeness (QED) is 0.614. The molecule has 0 heteroatoms. The van der Waals surface area contributed by atoms with Gasteiger partial charge in [-0.2, -0.15) is 0 Å². The van der Waals surface area contributed by atoms with Crippen LogP contribution in [0.15, 0.2) is 30.3 Å². The molecule has 1 saturated carbocycles. The molecule has 0 nitrogen and oxygen atoms in total. The summed E-state index contributed by atoms with van der Waals surface area (Å²) in [5.74, 6) is 0. The Hall–Kier alpha value is -0.780. The Kier molecular flexibility index (Phi) is 4.04. The maximum atomic E-state index is 2.47. The predicted octanol–water partition coefficient (Wildman–Crippen LogP) is 5.08. The van der Waals surface area contributed by atoms with Gasteiger partial charge in [-0.3, -0.25) is 0 Å². The van der Waals surface area contributed by atoms with E-state index >= 15 is 0 Å². The Morgan fingerprint density at radius 3 is 1.81 bits per heavy atom. The zero-order valence-electron chi connectivity index (χ0n) is 10.5. The molecule has 0 N–H and O–H groups in total. The molecule has 0 aliphatic heterocycles. The smallest absolute Gasteiger partial charge is 0.00753 e. The molecule has 88 valence electrons. The molecule has 0 bridgehead atoms. The molecule has 2 rings (SSSR count). The molecule has 1 aliphatic carbocycles. The first kappa shape index (κ1) is 11.7. The fourth-order valence-corrected chi connectivity index (χ4v) is 2.99. The van der Waals surface area contributed by atoms with Crippen LogP contribution in [0.3, 0.4) is 0 Å². The summed E-state index contributed by atoms with van der Waals surface area (Å²) in [7, 11) is 0. The Bertz CT molecular complexity index is 289.